The third kappa shape index (κ3) is 8.17. The second-order valence-electron chi connectivity index (χ2n) is 12.0. The Balaban J connectivity index is 1.74. The van der Waals surface area contributed by atoms with Crippen LogP contribution in [0.1, 0.15) is 74.8 Å². The molecule has 0 unspecified atom stereocenters. The maximum Gasteiger partial charge on any atom is 0.418 e. The second-order valence-corrected chi connectivity index (χ2v) is 13.7. The number of carbonyl (C=O) groups is 1. The fourth-order valence-electron chi connectivity index (χ4n) is 4.99. The number of amides is 1. The Bertz CT molecular complexity index is 1940. The van der Waals surface area contributed by atoms with Gasteiger partial charge in [-0.15, -0.1) is 5.10 Å². The molecular weight excluding hydrogens is 638 g/mol. The highest BCUT2D eigenvalue weighted by Gasteiger charge is 2.36. The van der Waals surface area contributed by atoms with Crippen LogP contribution in [0.3, 0.4) is 0 Å². The lowest BCUT2D eigenvalue weighted by Gasteiger charge is -2.21. The number of hydrogen-bond acceptors (Lipinski definition) is 5. The number of alkyl halides is 3. The molecule has 0 aliphatic carbocycles. The molecule has 0 atom stereocenters. The molecule has 0 bridgehead atoms. The summed E-state index contributed by atoms with van der Waals surface area (Å²) in [7, 11) is -3.97. The highest BCUT2D eigenvalue weighted by molar-refractivity contribution is 7.89. The van der Waals surface area contributed by atoms with Crippen molar-refractivity contribution in [1.82, 2.24) is 24.4 Å². The Morgan fingerprint density at radius 3 is 2.30 bits per heavy atom. The minimum absolute atomic E-state index is 0.0263. The van der Waals surface area contributed by atoms with Crippen LogP contribution >= 0.6 is 0 Å². The molecule has 0 saturated heterocycles. The number of nitrogens with zero attached hydrogens (tertiary/aromatic N) is 3. The first-order valence-corrected chi connectivity index (χ1v) is 16.6. The lowest BCUT2D eigenvalue weighted by atomic mass is 10.0. The number of hydrogen-bond donors (Lipinski definition) is 2. The van der Waals surface area contributed by atoms with Crippen molar-refractivity contribution in [2.24, 2.45) is 0 Å². The molecule has 14 heteroatoms. The van der Waals surface area contributed by atoms with Crippen LogP contribution in [-0.2, 0) is 29.2 Å². The number of aryl methyl sites for hydroxylation is 1. The zero-order valence-electron chi connectivity index (χ0n) is 26.7. The summed E-state index contributed by atoms with van der Waals surface area (Å²) < 4.78 is 88.3. The van der Waals surface area contributed by atoms with E-state index in [1.807, 2.05) is 6.92 Å². The van der Waals surface area contributed by atoms with Crippen molar-refractivity contribution >= 4 is 15.9 Å². The van der Waals surface area contributed by atoms with Crippen molar-refractivity contribution in [3.63, 3.8) is 0 Å². The molecule has 9 nitrogen and oxygen atoms in total. The van der Waals surface area contributed by atoms with Crippen molar-refractivity contribution in [1.29, 1.82) is 0 Å². The number of sulfonamides is 1. The molecule has 1 heterocycles. The van der Waals surface area contributed by atoms with Crippen LogP contribution in [0.4, 0.5) is 17.6 Å². The van der Waals surface area contributed by atoms with E-state index in [-0.39, 0.29) is 45.9 Å². The van der Waals surface area contributed by atoms with E-state index >= 15 is 4.39 Å². The fourth-order valence-corrected chi connectivity index (χ4v) is 6.64. The zero-order valence-corrected chi connectivity index (χ0v) is 27.5. The number of benzene rings is 3. The molecular formula is C33H37F4N5O4S. The molecule has 252 valence electrons. The standard InChI is InChI=1S/C33H37F4N5O4S/c1-6-8-17-38-30(43)22-15-16-25(33(35,36)37)27(19-22)42-31(44)41(29(7-2)39-42)20-23-14-13-21(18-26(23)34)24-11-9-10-12-28(24)47(45,46)40-32(3,4)5/h9-16,18-19,40H,6-8,17,20H2,1-5H3,(H,38,43). The molecule has 4 aromatic rings. The first-order chi connectivity index (χ1) is 22.0. The van der Waals surface area contributed by atoms with Gasteiger partial charge in [0.1, 0.15) is 11.6 Å². The molecule has 0 spiro atoms. The van der Waals surface area contributed by atoms with E-state index in [2.05, 4.69) is 15.1 Å². The molecule has 0 saturated carbocycles. The molecule has 3 aromatic carbocycles. The summed E-state index contributed by atoms with van der Waals surface area (Å²) in [6.45, 7) is 8.63. The van der Waals surface area contributed by atoms with E-state index < -0.39 is 50.4 Å². The van der Waals surface area contributed by atoms with Crippen LogP contribution in [-0.4, -0.2) is 40.8 Å². The van der Waals surface area contributed by atoms with E-state index in [9.17, 15) is 31.2 Å². The first-order valence-electron chi connectivity index (χ1n) is 15.1. The van der Waals surface area contributed by atoms with E-state index in [4.69, 9.17) is 0 Å². The van der Waals surface area contributed by atoms with E-state index in [1.165, 1.54) is 18.2 Å². The van der Waals surface area contributed by atoms with E-state index in [0.29, 0.717) is 17.6 Å². The topological polar surface area (TPSA) is 115 Å². The summed E-state index contributed by atoms with van der Waals surface area (Å²) in [6, 6.07) is 12.9. The minimum atomic E-state index is -4.86. The average Bonchev–Trinajstić information content (AvgIpc) is 3.30. The van der Waals surface area contributed by atoms with Crippen LogP contribution in [0, 0.1) is 5.82 Å². The summed E-state index contributed by atoms with van der Waals surface area (Å²) >= 11 is 0. The van der Waals surface area contributed by atoms with Crippen LogP contribution in [0.2, 0.25) is 0 Å². The largest absolute Gasteiger partial charge is 0.418 e. The smallest absolute Gasteiger partial charge is 0.352 e. The Morgan fingerprint density at radius 2 is 1.68 bits per heavy atom. The summed E-state index contributed by atoms with van der Waals surface area (Å²) in [5, 5.41) is 6.79. The lowest BCUT2D eigenvalue weighted by Crippen LogP contribution is -2.40. The van der Waals surface area contributed by atoms with E-state index in [0.717, 1.165) is 35.3 Å². The van der Waals surface area contributed by atoms with Gasteiger partial charge in [-0.05, 0) is 63.1 Å². The van der Waals surface area contributed by atoms with Gasteiger partial charge in [0.15, 0.2) is 0 Å². The Labute approximate surface area is 270 Å². The summed E-state index contributed by atoms with van der Waals surface area (Å²) in [4.78, 5) is 26.2. The summed E-state index contributed by atoms with van der Waals surface area (Å²) in [5.74, 6) is -1.27. The van der Waals surface area contributed by atoms with Crippen molar-refractivity contribution in [3.8, 4) is 16.8 Å². The van der Waals surface area contributed by atoms with Crippen LogP contribution < -0.4 is 15.7 Å². The van der Waals surface area contributed by atoms with Gasteiger partial charge in [0, 0.05) is 35.2 Å². The van der Waals surface area contributed by atoms with Gasteiger partial charge in [-0.1, -0.05) is 50.6 Å². The predicted octanol–water partition coefficient (Wildman–Crippen LogP) is 6.08. The lowest BCUT2D eigenvalue weighted by molar-refractivity contribution is -0.137. The molecule has 1 aromatic heterocycles. The molecule has 2 N–H and O–H groups in total. The molecule has 47 heavy (non-hydrogen) atoms. The number of unbranched alkanes of at least 4 members (excludes halogenated alkanes) is 1. The third-order valence-corrected chi connectivity index (χ3v) is 8.99. The van der Waals surface area contributed by atoms with Gasteiger partial charge in [0.05, 0.1) is 22.7 Å². The number of aromatic nitrogens is 3. The minimum Gasteiger partial charge on any atom is -0.352 e. The van der Waals surface area contributed by atoms with Gasteiger partial charge in [0.2, 0.25) is 10.0 Å². The molecule has 0 fully saturated rings. The SMILES string of the molecule is CCCCNC(=O)c1ccc(C(F)(F)F)c(-n2nc(CC)n(Cc3ccc(-c4ccccc4S(=O)(=O)NC(C)(C)C)cc3F)c2=O)c1. The van der Waals surface area contributed by atoms with Crippen molar-refractivity contribution < 1.29 is 30.8 Å². The van der Waals surface area contributed by atoms with Gasteiger partial charge < -0.3 is 5.32 Å². The molecule has 0 radical (unpaired) electrons. The molecule has 1 amide bonds. The van der Waals surface area contributed by atoms with Gasteiger partial charge in [-0.25, -0.2) is 22.3 Å². The van der Waals surface area contributed by atoms with Crippen molar-refractivity contribution in [2.45, 2.75) is 77.0 Å². The highest BCUT2D eigenvalue weighted by Crippen LogP contribution is 2.34. The van der Waals surface area contributed by atoms with Gasteiger partial charge in [-0.3, -0.25) is 9.36 Å². The number of rotatable bonds is 11. The van der Waals surface area contributed by atoms with Gasteiger partial charge in [-0.2, -0.15) is 17.9 Å². The van der Waals surface area contributed by atoms with Crippen LogP contribution in [0.5, 0.6) is 0 Å². The first kappa shape index (κ1) is 35.6. The van der Waals surface area contributed by atoms with Crippen molar-refractivity contribution in [3.05, 3.63) is 99.5 Å². The predicted molar refractivity (Wildman–Crippen MR) is 170 cm³/mol. The Morgan fingerprint density at radius 1 is 0.979 bits per heavy atom. The zero-order chi connectivity index (χ0) is 34.7. The Kier molecular flexibility index (Phi) is 10.5. The van der Waals surface area contributed by atoms with Crippen LogP contribution in [0.15, 0.2) is 70.4 Å². The third-order valence-electron chi connectivity index (χ3n) is 7.17. The van der Waals surface area contributed by atoms with Gasteiger partial charge in [0.25, 0.3) is 5.91 Å². The highest BCUT2D eigenvalue weighted by atomic mass is 32.2. The maximum absolute atomic E-state index is 15.6. The van der Waals surface area contributed by atoms with Crippen molar-refractivity contribution in [2.75, 3.05) is 6.54 Å². The number of halogens is 4. The van der Waals surface area contributed by atoms with E-state index in [1.54, 1.807) is 45.9 Å². The van der Waals surface area contributed by atoms with Gasteiger partial charge >= 0.3 is 11.9 Å². The number of nitrogens with one attached hydrogen (secondary N) is 2. The normalized spacial score (nSPS) is 12.4. The Hall–Kier alpha value is -4.30. The summed E-state index contributed by atoms with van der Waals surface area (Å²) in [5.41, 5.74) is -3.04. The maximum atomic E-state index is 15.6. The molecule has 4 rings (SSSR count). The molecule has 0 aliphatic heterocycles. The average molecular weight is 676 g/mol. The summed E-state index contributed by atoms with van der Waals surface area (Å²) in [6.07, 6.45) is -3.25. The quantitative estimate of drug-likeness (QED) is 0.148. The number of carbonyl (C=O) groups excluding carboxylic acids is 1. The fraction of sp³-hybridized carbons (Fsp3) is 0.364. The van der Waals surface area contributed by atoms with Crippen LogP contribution in [0.25, 0.3) is 16.8 Å². The second kappa shape index (κ2) is 13.8. The molecule has 0 aliphatic rings. The monoisotopic (exact) mass is 675 g/mol.